The number of aryl methyl sites for hydroxylation is 1. The number of ether oxygens (including phenoxy) is 1. The molecule has 0 bridgehead atoms. The number of nitrogens with one attached hydrogen (secondary N) is 1. The van der Waals surface area contributed by atoms with Gasteiger partial charge in [0, 0.05) is 18.4 Å². The molecule has 1 aromatic carbocycles. The monoisotopic (exact) mass is 411 g/mol. The Kier molecular flexibility index (Phi) is 5.92. The molecule has 2 aromatic heterocycles. The molecule has 2 heterocycles. The molecular weight excluding hydrogens is 378 g/mol. The first-order chi connectivity index (χ1) is 14.0. The number of imidazole rings is 1. The second kappa shape index (κ2) is 8.13. The van der Waals surface area contributed by atoms with Crippen LogP contribution in [0.1, 0.15) is 60.2 Å². The van der Waals surface area contributed by atoms with Crippen molar-refractivity contribution in [1.82, 2.24) is 19.9 Å². The highest BCUT2D eigenvalue weighted by Crippen LogP contribution is 2.30. The number of anilines is 1. The highest BCUT2D eigenvalue weighted by molar-refractivity contribution is 6.06. The SMILES string of the molecule is CCCCc1nc2c(N)nc3ccccc3c2n1CC(C)(C)NC(=O)OC(C)(C)C. The van der Waals surface area contributed by atoms with Crippen LogP contribution in [0.25, 0.3) is 21.9 Å². The van der Waals surface area contributed by atoms with E-state index in [4.69, 9.17) is 15.5 Å². The second-order valence-corrected chi connectivity index (χ2v) is 9.44. The van der Waals surface area contributed by atoms with Crippen LogP contribution < -0.4 is 11.1 Å². The summed E-state index contributed by atoms with van der Waals surface area (Å²) in [6.45, 7) is 12.2. The van der Waals surface area contributed by atoms with E-state index in [9.17, 15) is 4.79 Å². The number of carbonyl (C=O) groups excluding carboxylic acids is 1. The number of aromatic nitrogens is 3. The molecule has 0 aliphatic rings. The van der Waals surface area contributed by atoms with Gasteiger partial charge in [-0.1, -0.05) is 31.5 Å². The first-order valence-electron chi connectivity index (χ1n) is 10.6. The van der Waals surface area contributed by atoms with Crippen LogP contribution >= 0.6 is 0 Å². The Morgan fingerprint density at radius 3 is 2.53 bits per heavy atom. The highest BCUT2D eigenvalue weighted by Gasteiger charge is 2.28. The Bertz CT molecular complexity index is 1060. The Balaban J connectivity index is 2.07. The third-order valence-corrected chi connectivity index (χ3v) is 4.84. The fourth-order valence-corrected chi connectivity index (χ4v) is 3.62. The van der Waals surface area contributed by atoms with Gasteiger partial charge >= 0.3 is 6.09 Å². The van der Waals surface area contributed by atoms with Gasteiger partial charge in [0.15, 0.2) is 5.82 Å². The van der Waals surface area contributed by atoms with Gasteiger partial charge in [0.05, 0.1) is 16.6 Å². The summed E-state index contributed by atoms with van der Waals surface area (Å²) in [6, 6.07) is 7.94. The molecule has 0 spiro atoms. The maximum atomic E-state index is 12.4. The fraction of sp³-hybridized carbons (Fsp3) is 0.522. The number of amides is 1. The minimum Gasteiger partial charge on any atom is -0.444 e. The summed E-state index contributed by atoms with van der Waals surface area (Å²) in [6.07, 6.45) is 2.49. The van der Waals surface area contributed by atoms with Crippen molar-refractivity contribution in [3.8, 4) is 0 Å². The Labute approximate surface area is 178 Å². The normalized spacial score (nSPS) is 12.5. The predicted molar refractivity (Wildman–Crippen MR) is 122 cm³/mol. The zero-order chi connectivity index (χ0) is 22.1. The van der Waals surface area contributed by atoms with Crippen LogP contribution in [0.2, 0.25) is 0 Å². The smallest absolute Gasteiger partial charge is 0.408 e. The highest BCUT2D eigenvalue weighted by atomic mass is 16.6. The van der Waals surface area contributed by atoms with Gasteiger partial charge in [-0.2, -0.15) is 0 Å². The summed E-state index contributed by atoms with van der Waals surface area (Å²) < 4.78 is 7.64. The van der Waals surface area contributed by atoms with E-state index in [-0.39, 0.29) is 0 Å². The summed E-state index contributed by atoms with van der Waals surface area (Å²) in [5.74, 6) is 1.38. The minimum atomic E-state index is -0.559. The standard InChI is InChI=1S/C23H33N5O2/c1-7-8-13-17-26-18-19(15-11-9-10-12-16(15)25-20(18)24)28(17)14-23(5,6)27-21(29)30-22(2,3)4/h9-12H,7-8,13-14H2,1-6H3,(H2,24,25)(H,27,29). The summed E-state index contributed by atoms with van der Waals surface area (Å²) in [4.78, 5) is 21.8. The van der Waals surface area contributed by atoms with Crippen molar-refractivity contribution >= 4 is 33.8 Å². The van der Waals surface area contributed by atoms with Gasteiger partial charge in [-0.25, -0.2) is 14.8 Å². The summed E-state index contributed by atoms with van der Waals surface area (Å²) in [5, 5.41) is 4.01. The van der Waals surface area contributed by atoms with E-state index in [2.05, 4.69) is 21.8 Å². The van der Waals surface area contributed by atoms with Crippen molar-refractivity contribution in [2.45, 2.75) is 78.5 Å². The molecule has 0 saturated heterocycles. The molecule has 7 heteroatoms. The number of hydrogen-bond acceptors (Lipinski definition) is 5. The average molecular weight is 412 g/mol. The van der Waals surface area contributed by atoms with Gasteiger partial charge < -0.3 is 20.4 Å². The lowest BCUT2D eigenvalue weighted by atomic mass is 10.1. The number of carbonyl (C=O) groups is 1. The number of para-hydroxylation sites is 1. The van der Waals surface area contributed by atoms with Gasteiger partial charge in [0.2, 0.25) is 0 Å². The fourth-order valence-electron chi connectivity index (χ4n) is 3.62. The zero-order valence-corrected chi connectivity index (χ0v) is 18.9. The quantitative estimate of drug-likeness (QED) is 0.607. The molecule has 3 N–H and O–H groups in total. The zero-order valence-electron chi connectivity index (χ0n) is 18.9. The van der Waals surface area contributed by atoms with Crippen molar-refractivity contribution < 1.29 is 9.53 Å². The van der Waals surface area contributed by atoms with Gasteiger partial charge in [0.1, 0.15) is 16.9 Å². The molecule has 30 heavy (non-hydrogen) atoms. The van der Waals surface area contributed by atoms with Crippen LogP contribution in [-0.4, -0.2) is 31.8 Å². The largest absolute Gasteiger partial charge is 0.444 e. The molecular formula is C23H33N5O2. The van der Waals surface area contributed by atoms with Crippen LogP contribution in [0.15, 0.2) is 24.3 Å². The maximum Gasteiger partial charge on any atom is 0.408 e. The van der Waals surface area contributed by atoms with Crippen molar-refractivity contribution in [2.75, 3.05) is 5.73 Å². The van der Waals surface area contributed by atoms with Crippen molar-refractivity contribution in [3.63, 3.8) is 0 Å². The average Bonchev–Trinajstić information content (AvgIpc) is 2.96. The van der Waals surface area contributed by atoms with Gasteiger partial charge in [-0.05, 0) is 47.1 Å². The first-order valence-corrected chi connectivity index (χ1v) is 10.6. The van der Waals surface area contributed by atoms with Crippen LogP contribution in [0, 0.1) is 0 Å². The number of hydrogen-bond donors (Lipinski definition) is 2. The second-order valence-electron chi connectivity index (χ2n) is 9.44. The summed E-state index contributed by atoms with van der Waals surface area (Å²) in [7, 11) is 0. The number of nitrogens with two attached hydrogens (primary N) is 1. The molecule has 0 aliphatic heterocycles. The van der Waals surface area contributed by atoms with Crippen LogP contribution in [0.4, 0.5) is 10.6 Å². The number of nitrogen functional groups attached to an aromatic ring is 1. The Morgan fingerprint density at radius 1 is 1.17 bits per heavy atom. The van der Waals surface area contributed by atoms with E-state index in [1.807, 2.05) is 58.9 Å². The lowest BCUT2D eigenvalue weighted by molar-refractivity contribution is 0.0463. The summed E-state index contributed by atoms with van der Waals surface area (Å²) in [5.41, 5.74) is 7.67. The molecule has 0 radical (unpaired) electrons. The van der Waals surface area contributed by atoms with E-state index in [0.29, 0.717) is 17.9 Å². The van der Waals surface area contributed by atoms with Gasteiger partial charge in [-0.15, -0.1) is 0 Å². The van der Waals surface area contributed by atoms with Crippen LogP contribution in [0.3, 0.4) is 0 Å². The number of benzene rings is 1. The third-order valence-electron chi connectivity index (χ3n) is 4.84. The molecule has 0 saturated carbocycles. The lowest BCUT2D eigenvalue weighted by Crippen LogP contribution is -2.48. The number of alkyl carbamates (subject to hydrolysis) is 1. The molecule has 3 rings (SSSR count). The van der Waals surface area contributed by atoms with Crippen LogP contribution in [0.5, 0.6) is 0 Å². The topological polar surface area (TPSA) is 95.1 Å². The van der Waals surface area contributed by atoms with E-state index >= 15 is 0 Å². The maximum absolute atomic E-state index is 12.4. The van der Waals surface area contributed by atoms with Crippen LogP contribution in [-0.2, 0) is 17.7 Å². The molecule has 0 fully saturated rings. The third kappa shape index (κ3) is 4.83. The van der Waals surface area contributed by atoms with E-state index in [0.717, 1.165) is 41.5 Å². The van der Waals surface area contributed by atoms with E-state index in [1.165, 1.54) is 0 Å². The van der Waals surface area contributed by atoms with Gasteiger partial charge in [-0.3, -0.25) is 0 Å². The predicted octanol–water partition coefficient (Wildman–Crippen LogP) is 4.81. The molecule has 3 aromatic rings. The van der Waals surface area contributed by atoms with Crippen molar-refractivity contribution in [3.05, 3.63) is 30.1 Å². The number of rotatable bonds is 6. The Hall–Kier alpha value is -2.83. The molecule has 1 amide bonds. The minimum absolute atomic E-state index is 0.429. The number of unbranched alkanes of at least 4 members (excludes halogenated alkanes) is 1. The van der Waals surface area contributed by atoms with Crippen molar-refractivity contribution in [1.29, 1.82) is 0 Å². The first kappa shape index (κ1) is 21.9. The molecule has 162 valence electrons. The molecule has 0 atom stereocenters. The molecule has 0 unspecified atom stereocenters. The van der Waals surface area contributed by atoms with Gasteiger partial charge in [0.25, 0.3) is 0 Å². The molecule has 0 aliphatic carbocycles. The van der Waals surface area contributed by atoms with E-state index in [1.54, 1.807) is 0 Å². The number of nitrogens with zero attached hydrogens (tertiary/aromatic N) is 3. The summed E-state index contributed by atoms with van der Waals surface area (Å²) >= 11 is 0. The number of pyridine rings is 1. The van der Waals surface area contributed by atoms with E-state index < -0.39 is 17.2 Å². The van der Waals surface area contributed by atoms with Crippen molar-refractivity contribution in [2.24, 2.45) is 0 Å². The lowest BCUT2D eigenvalue weighted by Gasteiger charge is -2.30. The Morgan fingerprint density at radius 2 is 1.87 bits per heavy atom. The molecule has 7 nitrogen and oxygen atoms in total. The number of fused-ring (bicyclic) bond motifs is 3.